The van der Waals surface area contributed by atoms with Crippen molar-refractivity contribution in [1.82, 2.24) is 5.32 Å². The van der Waals surface area contributed by atoms with Crippen molar-refractivity contribution in [3.05, 3.63) is 28.8 Å². The van der Waals surface area contributed by atoms with Gasteiger partial charge in [0, 0.05) is 6.61 Å². The van der Waals surface area contributed by atoms with Gasteiger partial charge in [-0.2, -0.15) is 0 Å². The minimum absolute atomic E-state index is 0.0207. The van der Waals surface area contributed by atoms with Crippen molar-refractivity contribution in [2.24, 2.45) is 0 Å². The molecule has 2 N–H and O–H groups in total. The molecule has 0 radical (unpaired) electrons. The van der Waals surface area contributed by atoms with Gasteiger partial charge in [-0.3, -0.25) is 4.79 Å². The number of ether oxygens (including phenoxy) is 1. The van der Waals surface area contributed by atoms with Crippen LogP contribution in [0.4, 0.5) is 0 Å². The van der Waals surface area contributed by atoms with Gasteiger partial charge in [-0.25, -0.2) is 0 Å². The zero-order chi connectivity index (χ0) is 12.5. The Hall–Kier alpha value is -1.26. The van der Waals surface area contributed by atoms with E-state index in [0.717, 1.165) is 6.42 Å². The van der Waals surface area contributed by atoms with E-state index >= 15 is 0 Å². The molecule has 0 aromatic heterocycles. The number of carbonyl (C=O) groups excluding carboxylic acids is 1. The summed E-state index contributed by atoms with van der Waals surface area (Å²) < 4.78 is 5.25. The van der Waals surface area contributed by atoms with Gasteiger partial charge >= 0.3 is 0 Å². The lowest BCUT2D eigenvalue weighted by molar-refractivity contribution is 0.0889. The summed E-state index contributed by atoms with van der Waals surface area (Å²) in [4.78, 5) is 12.0. The van der Waals surface area contributed by atoms with Crippen LogP contribution in [0.15, 0.2) is 18.2 Å². The summed E-state index contributed by atoms with van der Waals surface area (Å²) >= 11 is 5.92. The van der Waals surface area contributed by atoms with Crippen molar-refractivity contribution in [1.29, 1.82) is 0 Å². The molecule has 1 amide bonds. The van der Waals surface area contributed by atoms with Crippen LogP contribution in [-0.2, 0) is 4.74 Å². The SMILES string of the molecule is CC1(NC(=O)c2cc(O)ccc2Cl)CCOC1. The third-order valence-electron chi connectivity index (χ3n) is 2.83. The summed E-state index contributed by atoms with van der Waals surface area (Å²) in [7, 11) is 0. The molecule has 0 aliphatic carbocycles. The maximum absolute atomic E-state index is 12.0. The maximum atomic E-state index is 12.0. The van der Waals surface area contributed by atoms with Gasteiger partial charge in [-0.05, 0) is 31.5 Å². The number of halogens is 1. The molecule has 0 bridgehead atoms. The van der Waals surface area contributed by atoms with E-state index in [-0.39, 0.29) is 22.8 Å². The quantitative estimate of drug-likeness (QED) is 0.849. The number of amides is 1. The third-order valence-corrected chi connectivity index (χ3v) is 3.16. The van der Waals surface area contributed by atoms with Gasteiger partial charge in [0.1, 0.15) is 5.75 Å². The number of nitrogens with one attached hydrogen (secondary N) is 1. The zero-order valence-electron chi connectivity index (χ0n) is 9.50. The second-order valence-corrected chi connectivity index (χ2v) is 4.89. The fourth-order valence-corrected chi connectivity index (χ4v) is 2.00. The molecule has 1 saturated heterocycles. The van der Waals surface area contributed by atoms with E-state index in [1.54, 1.807) is 0 Å². The summed E-state index contributed by atoms with van der Waals surface area (Å²) in [5.41, 5.74) is -0.0777. The lowest BCUT2D eigenvalue weighted by Crippen LogP contribution is -2.46. The van der Waals surface area contributed by atoms with Gasteiger partial charge in [0.2, 0.25) is 0 Å². The van der Waals surface area contributed by atoms with E-state index in [1.165, 1.54) is 18.2 Å². The monoisotopic (exact) mass is 255 g/mol. The standard InChI is InChI=1S/C12H14ClNO3/c1-12(4-5-17-7-12)14-11(16)9-6-8(15)2-3-10(9)13/h2-3,6,15H,4-5,7H2,1H3,(H,14,16). The number of phenols is 1. The number of carbonyl (C=O) groups is 1. The molecule has 17 heavy (non-hydrogen) atoms. The van der Waals surface area contributed by atoms with Crippen LogP contribution in [0.5, 0.6) is 5.75 Å². The van der Waals surface area contributed by atoms with Crippen molar-refractivity contribution >= 4 is 17.5 Å². The Labute approximate surface area is 105 Å². The van der Waals surface area contributed by atoms with Gasteiger partial charge in [0.25, 0.3) is 5.91 Å². The van der Waals surface area contributed by atoms with Crippen molar-refractivity contribution in [3.8, 4) is 5.75 Å². The molecule has 1 atom stereocenters. The summed E-state index contributed by atoms with van der Waals surface area (Å²) in [6, 6.07) is 4.30. The van der Waals surface area contributed by atoms with E-state index in [2.05, 4.69) is 5.32 Å². The Bertz CT molecular complexity index is 441. The molecular weight excluding hydrogens is 242 g/mol. The van der Waals surface area contributed by atoms with Gasteiger partial charge in [-0.15, -0.1) is 0 Å². The fourth-order valence-electron chi connectivity index (χ4n) is 1.79. The fraction of sp³-hybridized carbons (Fsp3) is 0.417. The second kappa shape index (κ2) is 4.55. The first-order valence-electron chi connectivity index (χ1n) is 5.39. The van der Waals surface area contributed by atoms with Gasteiger partial charge in [-0.1, -0.05) is 11.6 Å². The van der Waals surface area contributed by atoms with Crippen molar-refractivity contribution in [2.75, 3.05) is 13.2 Å². The highest BCUT2D eigenvalue weighted by Crippen LogP contribution is 2.23. The molecule has 1 aromatic carbocycles. The van der Waals surface area contributed by atoms with E-state index in [4.69, 9.17) is 16.3 Å². The summed E-state index contributed by atoms with van der Waals surface area (Å²) in [6.07, 6.45) is 0.773. The van der Waals surface area contributed by atoms with Crippen LogP contribution < -0.4 is 5.32 Å². The van der Waals surface area contributed by atoms with E-state index in [0.29, 0.717) is 18.2 Å². The first kappa shape index (κ1) is 12.2. The molecule has 1 aliphatic rings. The Morgan fingerprint density at radius 1 is 1.59 bits per heavy atom. The van der Waals surface area contributed by atoms with Crippen LogP contribution in [0, 0.1) is 0 Å². The van der Waals surface area contributed by atoms with Crippen LogP contribution in [-0.4, -0.2) is 29.8 Å². The lowest BCUT2D eigenvalue weighted by atomic mass is 10.0. The average Bonchev–Trinajstić information content (AvgIpc) is 2.68. The molecule has 1 heterocycles. The van der Waals surface area contributed by atoms with Gasteiger partial charge in [0.15, 0.2) is 0 Å². The first-order chi connectivity index (χ1) is 8.00. The number of hydrogen-bond acceptors (Lipinski definition) is 3. The van der Waals surface area contributed by atoms with Gasteiger partial charge < -0.3 is 15.2 Å². The Balaban J connectivity index is 2.17. The minimum Gasteiger partial charge on any atom is -0.508 e. The highest BCUT2D eigenvalue weighted by molar-refractivity contribution is 6.33. The molecule has 2 rings (SSSR count). The van der Waals surface area contributed by atoms with Crippen molar-refractivity contribution < 1.29 is 14.6 Å². The molecular formula is C12H14ClNO3. The van der Waals surface area contributed by atoms with Crippen LogP contribution >= 0.6 is 11.6 Å². The maximum Gasteiger partial charge on any atom is 0.253 e. The normalized spacial score (nSPS) is 23.6. The number of phenolic OH excluding ortho intramolecular Hbond substituents is 1. The number of rotatable bonds is 2. The van der Waals surface area contributed by atoms with Crippen molar-refractivity contribution in [2.45, 2.75) is 18.9 Å². The number of aromatic hydroxyl groups is 1. The first-order valence-corrected chi connectivity index (χ1v) is 5.77. The smallest absolute Gasteiger partial charge is 0.253 e. The Kier molecular flexibility index (Phi) is 3.26. The highest BCUT2D eigenvalue weighted by atomic mass is 35.5. The molecule has 92 valence electrons. The summed E-state index contributed by atoms with van der Waals surface area (Å²) in [6.45, 7) is 3.06. The highest BCUT2D eigenvalue weighted by Gasteiger charge is 2.31. The molecule has 1 unspecified atom stereocenters. The lowest BCUT2D eigenvalue weighted by Gasteiger charge is -2.23. The summed E-state index contributed by atoms with van der Waals surface area (Å²) in [5.74, 6) is -0.272. The predicted octanol–water partition coefficient (Wildman–Crippen LogP) is 1.95. The molecule has 0 saturated carbocycles. The molecule has 1 aromatic rings. The number of benzene rings is 1. The molecule has 1 aliphatic heterocycles. The van der Waals surface area contributed by atoms with E-state index in [9.17, 15) is 9.90 Å². The second-order valence-electron chi connectivity index (χ2n) is 4.48. The topological polar surface area (TPSA) is 58.6 Å². The van der Waals surface area contributed by atoms with E-state index < -0.39 is 0 Å². The van der Waals surface area contributed by atoms with Crippen LogP contribution in [0.2, 0.25) is 5.02 Å². The summed E-state index contributed by atoms with van der Waals surface area (Å²) in [5, 5.41) is 12.6. The minimum atomic E-state index is -0.355. The van der Waals surface area contributed by atoms with E-state index in [1.807, 2.05) is 6.92 Å². The largest absolute Gasteiger partial charge is 0.508 e. The molecule has 5 heteroatoms. The van der Waals surface area contributed by atoms with Crippen LogP contribution in [0.1, 0.15) is 23.7 Å². The molecule has 1 fully saturated rings. The van der Waals surface area contributed by atoms with Crippen molar-refractivity contribution in [3.63, 3.8) is 0 Å². The zero-order valence-corrected chi connectivity index (χ0v) is 10.3. The molecule has 4 nitrogen and oxygen atoms in total. The van der Waals surface area contributed by atoms with Crippen LogP contribution in [0.3, 0.4) is 0 Å². The number of hydrogen-bond donors (Lipinski definition) is 2. The van der Waals surface area contributed by atoms with Gasteiger partial charge in [0.05, 0.1) is 22.7 Å². The van der Waals surface area contributed by atoms with Crippen LogP contribution in [0.25, 0.3) is 0 Å². The predicted molar refractivity (Wildman–Crippen MR) is 64.4 cm³/mol. The third kappa shape index (κ3) is 2.70. The average molecular weight is 256 g/mol. The molecule has 0 spiro atoms. The Morgan fingerprint density at radius 2 is 2.35 bits per heavy atom. The Morgan fingerprint density at radius 3 is 3.00 bits per heavy atom.